The molecule has 4 nitrogen and oxygen atoms in total. The van der Waals surface area contributed by atoms with Gasteiger partial charge < -0.3 is 9.47 Å². The first-order valence-electron chi connectivity index (χ1n) is 12.4. The van der Waals surface area contributed by atoms with Crippen molar-refractivity contribution in [3.63, 3.8) is 0 Å². The first kappa shape index (κ1) is 23.3. The second-order valence-electron chi connectivity index (χ2n) is 9.09. The fraction of sp³-hybridized carbons (Fsp3) is 0.448. The average molecular weight is 447 g/mol. The van der Waals surface area contributed by atoms with Gasteiger partial charge in [-0.25, -0.2) is 9.59 Å². The normalized spacial score (nSPS) is 19.2. The zero-order chi connectivity index (χ0) is 23.5. The molecule has 0 heterocycles. The molecule has 2 aromatic rings. The number of rotatable bonds is 8. The zero-order valence-electron chi connectivity index (χ0n) is 20.2. The third-order valence-electron chi connectivity index (χ3n) is 7.28. The summed E-state index contributed by atoms with van der Waals surface area (Å²) in [7, 11) is 0. The van der Waals surface area contributed by atoms with Crippen molar-refractivity contribution < 1.29 is 19.1 Å². The molecule has 0 aromatic heterocycles. The number of hydrogen-bond acceptors (Lipinski definition) is 4. The number of ether oxygens (including phenoxy) is 2. The van der Waals surface area contributed by atoms with Gasteiger partial charge >= 0.3 is 11.9 Å². The van der Waals surface area contributed by atoms with Gasteiger partial charge in [-0.05, 0) is 103 Å². The Morgan fingerprint density at radius 1 is 0.667 bits per heavy atom. The highest BCUT2D eigenvalue weighted by Gasteiger charge is 2.46. The van der Waals surface area contributed by atoms with Crippen molar-refractivity contribution >= 4 is 11.9 Å². The molecule has 2 atom stereocenters. The summed E-state index contributed by atoms with van der Waals surface area (Å²) in [5, 5.41) is 0. The molecule has 0 amide bonds. The monoisotopic (exact) mass is 446 g/mol. The Bertz CT molecular complexity index is 1010. The minimum Gasteiger partial charge on any atom is -0.423 e. The standard InChI is InChI=1S/C29H34O4/c1-5-18-11-13-24(16-20(18)7-3)32-28(30)26-22-9-10-23(15-22)27(26)29(31)33-25-14-12-19(6-2)21(8-4)17-25/h11-14,16-17,22-23H,5-10,15H2,1-4H3. The lowest BCUT2D eigenvalue weighted by molar-refractivity contribution is -0.133. The van der Waals surface area contributed by atoms with Gasteiger partial charge in [0.25, 0.3) is 0 Å². The van der Waals surface area contributed by atoms with Gasteiger partial charge in [0.1, 0.15) is 11.5 Å². The lowest BCUT2D eigenvalue weighted by atomic mass is 9.91. The smallest absolute Gasteiger partial charge is 0.340 e. The van der Waals surface area contributed by atoms with Gasteiger partial charge in [0.15, 0.2) is 0 Å². The lowest BCUT2D eigenvalue weighted by Gasteiger charge is -2.18. The summed E-state index contributed by atoms with van der Waals surface area (Å²) < 4.78 is 11.6. The highest BCUT2D eigenvalue weighted by molar-refractivity contribution is 6.03. The first-order chi connectivity index (χ1) is 16.0. The summed E-state index contributed by atoms with van der Waals surface area (Å²) in [6.45, 7) is 8.45. The molecule has 2 aliphatic carbocycles. The van der Waals surface area contributed by atoms with Crippen molar-refractivity contribution in [3.8, 4) is 11.5 Å². The van der Waals surface area contributed by atoms with Crippen molar-refractivity contribution in [2.24, 2.45) is 11.8 Å². The molecule has 4 rings (SSSR count). The van der Waals surface area contributed by atoms with Gasteiger partial charge in [-0.1, -0.05) is 39.8 Å². The van der Waals surface area contributed by atoms with Gasteiger partial charge in [0.2, 0.25) is 0 Å². The Balaban J connectivity index is 1.58. The Morgan fingerprint density at radius 3 is 1.42 bits per heavy atom. The fourth-order valence-corrected chi connectivity index (χ4v) is 5.50. The summed E-state index contributed by atoms with van der Waals surface area (Å²) in [4.78, 5) is 26.4. The molecule has 0 aliphatic heterocycles. The van der Waals surface area contributed by atoms with Crippen molar-refractivity contribution in [2.45, 2.75) is 72.6 Å². The fourth-order valence-electron chi connectivity index (χ4n) is 5.50. The molecule has 2 aromatic carbocycles. The number of esters is 2. The number of carbonyl (C=O) groups is 2. The Kier molecular flexibility index (Phi) is 7.02. The molecule has 33 heavy (non-hydrogen) atoms. The van der Waals surface area contributed by atoms with Crippen LogP contribution in [0.4, 0.5) is 0 Å². The van der Waals surface area contributed by atoms with Crippen LogP contribution in [0, 0.1) is 11.8 Å². The minimum atomic E-state index is -0.406. The maximum Gasteiger partial charge on any atom is 0.340 e. The summed E-state index contributed by atoms with van der Waals surface area (Å²) in [6.07, 6.45) is 6.34. The van der Waals surface area contributed by atoms with E-state index in [2.05, 4.69) is 27.7 Å². The summed E-state index contributed by atoms with van der Waals surface area (Å²) in [6, 6.07) is 11.6. The van der Waals surface area contributed by atoms with E-state index < -0.39 is 11.9 Å². The largest absolute Gasteiger partial charge is 0.423 e. The van der Waals surface area contributed by atoms with Gasteiger partial charge in [-0.15, -0.1) is 0 Å². The van der Waals surface area contributed by atoms with Crippen LogP contribution in [0.5, 0.6) is 11.5 Å². The Hall–Kier alpha value is -2.88. The number of hydrogen-bond donors (Lipinski definition) is 0. The third kappa shape index (κ3) is 4.62. The van der Waals surface area contributed by atoms with E-state index in [1.165, 1.54) is 22.3 Å². The predicted molar refractivity (Wildman–Crippen MR) is 130 cm³/mol. The topological polar surface area (TPSA) is 52.6 Å². The number of aryl methyl sites for hydroxylation is 4. The van der Waals surface area contributed by atoms with Crippen molar-refractivity contribution in [1.82, 2.24) is 0 Å². The number of benzene rings is 2. The van der Waals surface area contributed by atoms with Crippen molar-refractivity contribution in [3.05, 3.63) is 69.8 Å². The molecule has 0 spiro atoms. The van der Waals surface area contributed by atoms with Crippen LogP contribution in [0.2, 0.25) is 0 Å². The molecule has 1 saturated carbocycles. The molecule has 0 N–H and O–H groups in total. The zero-order valence-corrected chi connectivity index (χ0v) is 20.2. The van der Waals surface area contributed by atoms with E-state index in [0.29, 0.717) is 22.6 Å². The quantitative estimate of drug-likeness (QED) is 0.359. The van der Waals surface area contributed by atoms with E-state index in [1.807, 2.05) is 36.4 Å². The molecule has 2 aliphatic rings. The molecule has 2 bridgehead atoms. The van der Waals surface area contributed by atoms with E-state index in [1.54, 1.807) is 0 Å². The average Bonchev–Trinajstić information content (AvgIpc) is 3.45. The second-order valence-corrected chi connectivity index (χ2v) is 9.09. The van der Waals surface area contributed by atoms with Crippen LogP contribution in [0.3, 0.4) is 0 Å². The van der Waals surface area contributed by atoms with Crippen LogP contribution in [0.15, 0.2) is 47.5 Å². The van der Waals surface area contributed by atoms with E-state index in [4.69, 9.17) is 9.47 Å². The molecule has 1 fully saturated rings. The van der Waals surface area contributed by atoms with E-state index in [9.17, 15) is 9.59 Å². The van der Waals surface area contributed by atoms with Crippen LogP contribution < -0.4 is 9.47 Å². The summed E-state index contributed by atoms with van der Waals surface area (Å²) in [5.41, 5.74) is 5.95. The lowest BCUT2D eigenvalue weighted by Crippen LogP contribution is -2.24. The van der Waals surface area contributed by atoms with Gasteiger partial charge in [-0.2, -0.15) is 0 Å². The first-order valence-corrected chi connectivity index (χ1v) is 12.4. The van der Waals surface area contributed by atoms with Crippen molar-refractivity contribution in [2.75, 3.05) is 0 Å². The van der Waals surface area contributed by atoms with Crippen LogP contribution in [0.1, 0.15) is 69.2 Å². The van der Waals surface area contributed by atoms with E-state index in [-0.39, 0.29) is 11.8 Å². The third-order valence-corrected chi connectivity index (χ3v) is 7.28. The van der Waals surface area contributed by atoms with Crippen LogP contribution in [-0.4, -0.2) is 11.9 Å². The SMILES string of the molecule is CCc1ccc(OC(=O)C2=C(C(=O)Oc3ccc(CC)c(CC)c3)C3CCC2C3)cc1CC. The minimum absolute atomic E-state index is 0.0827. The molecule has 4 heteroatoms. The van der Waals surface area contributed by atoms with Crippen molar-refractivity contribution in [1.29, 1.82) is 0 Å². The number of fused-ring (bicyclic) bond motifs is 2. The van der Waals surface area contributed by atoms with Crippen LogP contribution in [-0.2, 0) is 35.3 Å². The van der Waals surface area contributed by atoms with Gasteiger partial charge in [0, 0.05) is 0 Å². The highest BCUT2D eigenvalue weighted by atomic mass is 16.5. The van der Waals surface area contributed by atoms with E-state index in [0.717, 1.165) is 44.9 Å². The van der Waals surface area contributed by atoms with Gasteiger partial charge in [0.05, 0.1) is 11.1 Å². The summed E-state index contributed by atoms with van der Waals surface area (Å²) in [5.74, 6) is 0.435. The Morgan fingerprint density at radius 2 is 1.06 bits per heavy atom. The molecule has 0 radical (unpaired) electrons. The van der Waals surface area contributed by atoms with Crippen LogP contribution >= 0.6 is 0 Å². The predicted octanol–water partition coefficient (Wildman–Crippen LogP) is 6.17. The maximum atomic E-state index is 13.2. The molecular weight excluding hydrogens is 412 g/mol. The number of carbonyl (C=O) groups excluding carboxylic acids is 2. The Labute approximate surface area is 197 Å². The molecular formula is C29H34O4. The maximum absolute atomic E-state index is 13.2. The highest BCUT2D eigenvalue weighted by Crippen LogP contribution is 2.49. The van der Waals surface area contributed by atoms with Crippen LogP contribution in [0.25, 0.3) is 0 Å². The summed E-state index contributed by atoms with van der Waals surface area (Å²) >= 11 is 0. The van der Waals surface area contributed by atoms with Gasteiger partial charge in [-0.3, -0.25) is 0 Å². The van der Waals surface area contributed by atoms with E-state index >= 15 is 0 Å². The molecule has 0 saturated heterocycles. The molecule has 2 unspecified atom stereocenters. The molecule has 174 valence electrons. The second kappa shape index (κ2) is 9.94.